The van der Waals surface area contributed by atoms with Gasteiger partial charge in [0.2, 0.25) is 0 Å². The molecule has 1 aromatic carbocycles. The first kappa shape index (κ1) is 23.2. The number of aromatic nitrogens is 2. The number of pyridine rings is 2. The van der Waals surface area contributed by atoms with E-state index in [1.54, 1.807) is 18.5 Å². The van der Waals surface area contributed by atoms with Gasteiger partial charge >= 0.3 is 6.18 Å². The maximum Gasteiger partial charge on any atom is 0.416 e. The number of rotatable bonds is 3. The van der Waals surface area contributed by atoms with E-state index in [0.29, 0.717) is 35.6 Å². The highest BCUT2D eigenvalue weighted by Crippen LogP contribution is 2.34. The van der Waals surface area contributed by atoms with Crippen LogP contribution in [0.4, 0.5) is 19.0 Å². The second-order valence-electron chi connectivity index (χ2n) is 6.47. The fraction of sp³-hybridized carbons (Fsp3) is 0.263. The molecule has 3 heterocycles. The third-order valence-electron chi connectivity index (χ3n) is 4.67. The lowest BCUT2D eigenvalue weighted by Crippen LogP contribution is -2.32. The van der Waals surface area contributed by atoms with Crippen LogP contribution in [0.3, 0.4) is 0 Å². The molecule has 2 atom stereocenters. The van der Waals surface area contributed by atoms with E-state index in [4.69, 9.17) is 0 Å². The SMILES string of the molecule is Cl.Cl.O[C@H]1CNC[C@H]1Nc1ncc(-c2ccc(C(F)(F)F)cc2)c2ncccc12. The van der Waals surface area contributed by atoms with E-state index < -0.39 is 17.8 Å². The first-order chi connectivity index (χ1) is 12.9. The van der Waals surface area contributed by atoms with Gasteiger partial charge in [0.25, 0.3) is 0 Å². The average molecular weight is 447 g/mol. The molecular weight excluding hydrogens is 428 g/mol. The minimum absolute atomic E-state index is 0. The van der Waals surface area contributed by atoms with Crippen molar-refractivity contribution in [1.29, 1.82) is 0 Å². The van der Waals surface area contributed by atoms with Crippen LogP contribution in [0.1, 0.15) is 5.56 Å². The van der Waals surface area contributed by atoms with Crippen LogP contribution in [0.15, 0.2) is 48.8 Å². The molecule has 3 aromatic rings. The highest BCUT2D eigenvalue weighted by Gasteiger charge is 2.30. The van der Waals surface area contributed by atoms with Crippen molar-refractivity contribution in [1.82, 2.24) is 15.3 Å². The summed E-state index contributed by atoms with van der Waals surface area (Å²) in [6.07, 6.45) is -1.67. The van der Waals surface area contributed by atoms with E-state index in [0.717, 1.165) is 17.5 Å². The molecule has 29 heavy (non-hydrogen) atoms. The molecule has 1 aliphatic rings. The topological polar surface area (TPSA) is 70.1 Å². The predicted molar refractivity (Wildman–Crippen MR) is 111 cm³/mol. The molecule has 1 aliphatic heterocycles. The normalized spacial score (nSPS) is 18.8. The van der Waals surface area contributed by atoms with Crippen LogP contribution in [-0.2, 0) is 6.18 Å². The van der Waals surface area contributed by atoms with E-state index in [1.807, 2.05) is 6.07 Å². The zero-order valence-corrected chi connectivity index (χ0v) is 16.6. The number of anilines is 1. The largest absolute Gasteiger partial charge is 0.416 e. The Morgan fingerprint density at radius 2 is 1.76 bits per heavy atom. The smallest absolute Gasteiger partial charge is 0.390 e. The number of nitrogens with one attached hydrogen (secondary N) is 2. The van der Waals surface area contributed by atoms with Crippen molar-refractivity contribution >= 4 is 41.5 Å². The van der Waals surface area contributed by atoms with Gasteiger partial charge in [-0.1, -0.05) is 12.1 Å². The highest BCUT2D eigenvalue weighted by molar-refractivity contribution is 5.99. The minimum atomic E-state index is -4.37. The molecule has 0 amide bonds. The van der Waals surface area contributed by atoms with Crippen LogP contribution in [0, 0.1) is 0 Å². The van der Waals surface area contributed by atoms with Gasteiger partial charge in [-0.25, -0.2) is 4.98 Å². The Hall–Kier alpha value is -2.13. The Morgan fingerprint density at radius 3 is 2.38 bits per heavy atom. The first-order valence-corrected chi connectivity index (χ1v) is 8.50. The Labute approximate surface area is 177 Å². The van der Waals surface area contributed by atoms with Gasteiger partial charge in [-0.15, -0.1) is 24.8 Å². The van der Waals surface area contributed by atoms with Crippen LogP contribution in [0.2, 0.25) is 0 Å². The van der Waals surface area contributed by atoms with Crippen LogP contribution in [-0.4, -0.2) is 40.3 Å². The van der Waals surface area contributed by atoms with Crippen molar-refractivity contribution in [2.45, 2.75) is 18.3 Å². The molecule has 1 saturated heterocycles. The molecule has 10 heteroatoms. The third kappa shape index (κ3) is 4.72. The minimum Gasteiger partial charge on any atom is -0.390 e. The standard InChI is InChI=1S/C19H17F3N4O.2ClH/c20-19(21,22)12-5-3-11(4-6-12)14-8-25-18(13-2-1-7-24-17(13)14)26-15-9-23-10-16(15)27;;/h1-8,15-16,23,27H,9-10H2,(H,25,26);2*1H/t15-,16+;;/m1../s1. The van der Waals surface area contributed by atoms with Gasteiger partial charge in [-0.05, 0) is 29.8 Å². The van der Waals surface area contributed by atoms with Crippen LogP contribution < -0.4 is 10.6 Å². The Bertz CT molecular complexity index is 970. The van der Waals surface area contributed by atoms with E-state index in [2.05, 4.69) is 20.6 Å². The lowest BCUT2D eigenvalue weighted by atomic mass is 10.0. The van der Waals surface area contributed by atoms with Crippen molar-refractivity contribution in [3.8, 4) is 11.1 Å². The Kier molecular flexibility index (Phi) is 7.29. The number of hydrogen-bond donors (Lipinski definition) is 3. The molecule has 0 radical (unpaired) electrons. The van der Waals surface area contributed by atoms with Gasteiger partial charge in [0.05, 0.1) is 23.2 Å². The van der Waals surface area contributed by atoms with Crippen molar-refractivity contribution in [3.63, 3.8) is 0 Å². The van der Waals surface area contributed by atoms with Crippen molar-refractivity contribution in [2.24, 2.45) is 0 Å². The Balaban J connectivity index is 0.00000150. The number of hydrogen-bond acceptors (Lipinski definition) is 5. The number of nitrogens with zero attached hydrogens (tertiary/aromatic N) is 2. The summed E-state index contributed by atoms with van der Waals surface area (Å²) in [6, 6.07) is 8.40. The molecule has 0 saturated carbocycles. The summed E-state index contributed by atoms with van der Waals surface area (Å²) in [5, 5.41) is 17.1. The summed E-state index contributed by atoms with van der Waals surface area (Å²) in [5.41, 5.74) is 1.19. The second kappa shape index (κ2) is 9.13. The van der Waals surface area contributed by atoms with Gasteiger partial charge in [-0.3, -0.25) is 4.98 Å². The number of benzene rings is 1. The second-order valence-corrected chi connectivity index (χ2v) is 6.47. The lowest BCUT2D eigenvalue weighted by Gasteiger charge is -2.18. The van der Waals surface area contributed by atoms with Crippen molar-refractivity contribution in [3.05, 3.63) is 54.4 Å². The molecule has 0 bridgehead atoms. The molecule has 0 unspecified atom stereocenters. The highest BCUT2D eigenvalue weighted by atomic mass is 35.5. The lowest BCUT2D eigenvalue weighted by molar-refractivity contribution is -0.137. The average Bonchev–Trinajstić information content (AvgIpc) is 3.06. The first-order valence-electron chi connectivity index (χ1n) is 8.50. The van der Waals surface area contributed by atoms with Crippen LogP contribution in [0.25, 0.3) is 22.0 Å². The predicted octanol–water partition coefficient (Wildman–Crippen LogP) is 3.90. The summed E-state index contributed by atoms with van der Waals surface area (Å²) >= 11 is 0. The zero-order valence-electron chi connectivity index (χ0n) is 15.0. The maximum atomic E-state index is 12.8. The van der Waals surface area contributed by atoms with Crippen LogP contribution in [0.5, 0.6) is 0 Å². The molecule has 1 fully saturated rings. The van der Waals surface area contributed by atoms with E-state index >= 15 is 0 Å². The van der Waals surface area contributed by atoms with E-state index in [-0.39, 0.29) is 30.9 Å². The number of alkyl halides is 3. The quantitative estimate of drug-likeness (QED) is 0.568. The summed E-state index contributed by atoms with van der Waals surface area (Å²) < 4.78 is 38.4. The molecule has 3 N–H and O–H groups in total. The summed E-state index contributed by atoms with van der Waals surface area (Å²) in [7, 11) is 0. The Morgan fingerprint density at radius 1 is 1.03 bits per heavy atom. The molecule has 0 aliphatic carbocycles. The maximum absolute atomic E-state index is 12.8. The number of fused-ring (bicyclic) bond motifs is 1. The van der Waals surface area contributed by atoms with E-state index in [1.165, 1.54) is 12.1 Å². The van der Waals surface area contributed by atoms with Crippen LogP contribution >= 0.6 is 24.8 Å². The summed E-state index contributed by atoms with van der Waals surface area (Å²) in [6.45, 7) is 1.13. The monoisotopic (exact) mass is 446 g/mol. The van der Waals surface area contributed by atoms with Gasteiger partial charge in [-0.2, -0.15) is 13.2 Å². The van der Waals surface area contributed by atoms with E-state index in [9.17, 15) is 18.3 Å². The van der Waals surface area contributed by atoms with Gasteiger partial charge < -0.3 is 15.7 Å². The molecule has 156 valence electrons. The number of aliphatic hydroxyl groups is 1. The molecule has 0 spiro atoms. The molecular formula is C19H19Cl2F3N4O. The van der Waals surface area contributed by atoms with Gasteiger partial charge in [0.1, 0.15) is 5.82 Å². The summed E-state index contributed by atoms with van der Waals surface area (Å²) in [4.78, 5) is 8.84. The van der Waals surface area contributed by atoms with Crippen molar-refractivity contribution < 1.29 is 18.3 Å². The zero-order chi connectivity index (χ0) is 19.0. The third-order valence-corrected chi connectivity index (χ3v) is 4.67. The van der Waals surface area contributed by atoms with Gasteiger partial charge in [0.15, 0.2) is 0 Å². The molecule has 4 rings (SSSR count). The summed E-state index contributed by atoms with van der Waals surface area (Å²) in [5.74, 6) is 0.585. The fourth-order valence-corrected chi connectivity index (χ4v) is 3.22. The number of β-amino-alcohol motifs (C(OH)–C–C–N with tert-alkyl or cyclic N) is 1. The number of aliphatic hydroxyl groups excluding tert-OH is 1. The van der Waals surface area contributed by atoms with Gasteiger partial charge in [0, 0.05) is 36.4 Å². The van der Waals surface area contributed by atoms with Crippen molar-refractivity contribution in [2.75, 3.05) is 18.4 Å². The molecule has 2 aromatic heterocycles. The molecule has 5 nitrogen and oxygen atoms in total. The fourth-order valence-electron chi connectivity index (χ4n) is 3.22. The number of halogens is 5.